The molecule has 1 amide bonds. The summed E-state index contributed by atoms with van der Waals surface area (Å²) in [4.78, 5) is 12.1. The zero-order valence-corrected chi connectivity index (χ0v) is 17.3. The third kappa shape index (κ3) is 5.90. The Morgan fingerprint density at radius 2 is 1.57 bits per heavy atom. The predicted molar refractivity (Wildman–Crippen MR) is 78.4 cm³/mol. The number of hydrogen-bond acceptors (Lipinski definition) is 4. The van der Waals surface area contributed by atoms with Gasteiger partial charge in [-0.15, -0.1) is 0 Å². The average molecular weight is 409 g/mol. The molecule has 0 spiro atoms. The van der Waals surface area contributed by atoms with Crippen molar-refractivity contribution in [2.45, 2.75) is 0 Å². The number of nitrogens with two attached hydrogens (primary N) is 1. The summed E-state index contributed by atoms with van der Waals surface area (Å²) < 4.78 is 10.4. The van der Waals surface area contributed by atoms with E-state index in [-0.39, 0.29) is 50.2 Å². The smallest absolute Gasteiger partial charge is 1.00 e. The number of rotatable bonds is 4. The molecule has 0 bridgehead atoms. The normalized spacial score (nSPS) is 8.61. The van der Waals surface area contributed by atoms with E-state index in [1.807, 2.05) is 6.07 Å². The van der Waals surface area contributed by atoms with E-state index in [1.165, 1.54) is 14.2 Å². The summed E-state index contributed by atoms with van der Waals surface area (Å²) >= 11 is 0. The summed E-state index contributed by atoms with van der Waals surface area (Å²) in [7, 11) is 3.03. The number of carbonyl (C=O) groups is 1. The van der Waals surface area contributed by atoms with Gasteiger partial charge < -0.3 is 45.3 Å². The molecule has 0 aliphatic rings. The molecular weight excluding hydrogens is 392 g/mol. The molecule has 0 aromatic heterocycles. The molecule has 0 fully saturated rings. The van der Waals surface area contributed by atoms with Gasteiger partial charge in [-0.2, -0.15) is 0 Å². The van der Waals surface area contributed by atoms with Crippen molar-refractivity contribution in [2.75, 3.05) is 25.3 Å². The minimum atomic E-state index is -0.226. The van der Waals surface area contributed by atoms with Gasteiger partial charge in [0.2, 0.25) is 0 Å². The number of nitrogen functional groups attached to an aromatic ring is 1. The zero-order valence-electron chi connectivity index (χ0n) is 12.8. The van der Waals surface area contributed by atoms with Crippen molar-refractivity contribution in [1.29, 1.82) is 0 Å². The predicted octanol–water partition coefficient (Wildman–Crippen LogP) is -3.46. The van der Waals surface area contributed by atoms with Crippen LogP contribution in [-0.4, -0.2) is 20.1 Å². The summed E-state index contributed by atoms with van der Waals surface area (Å²) in [5.41, 5.74) is 7.31. The fourth-order valence-corrected chi connectivity index (χ4v) is 1.80. The Bertz CT molecular complexity index is 628. The zero-order chi connectivity index (χ0) is 14.5. The topological polar surface area (TPSA) is 73.6 Å². The Kier molecular flexibility index (Phi) is 11.5. The number of amides is 1. The first-order valence-corrected chi connectivity index (χ1v) is 6.03. The molecule has 0 unspecified atom stereocenters. The number of benzene rings is 2. The van der Waals surface area contributed by atoms with Crippen molar-refractivity contribution < 1.29 is 58.6 Å². The molecule has 5 nitrogen and oxygen atoms in total. The second-order valence-corrected chi connectivity index (χ2v) is 4.11. The first-order chi connectivity index (χ1) is 9.65. The maximum Gasteiger partial charge on any atom is 2.00 e. The number of ether oxygens (including phenoxy) is 2. The Morgan fingerprint density at radius 3 is 2.09 bits per heavy atom. The molecule has 23 heavy (non-hydrogen) atoms. The van der Waals surface area contributed by atoms with Crippen LogP contribution < -0.4 is 45.3 Å². The van der Waals surface area contributed by atoms with Crippen molar-refractivity contribution in [2.24, 2.45) is 0 Å². The van der Waals surface area contributed by atoms with Crippen LogP contribution >= 0.6 is 0 Å². The Balaban J connectivity index is 0. The largest absolute Gasteiger partial charge is 2.00 e. The van der Waals surface area contributed by atoms with Gasteiger partial charge in [0, 0.05) is 17.7 Å². The van der Waals surface area contributed by atoms with E-state index >= 15 is 0 Å². The van der Waals surface area contributed by atoms with Gasteiger partial charge in [-0.05, 0) is 12.1 Å². The van der Waals surface area contributed by atoms with Crippen molar-refractivity contribution in [3.8, 4) is 11.5 Å². The molecule has 0 aliphatic carbocycles. The summed E-state index contributed by atoms with van der Waals surface area (Å²) in [5, 5.41) is 2.78. The molecule has 3 N–H and O–H groups in total. The Labute approximate surface area is 160 Å². The molecule has 120 valence electrons. The number of halogens is 2. The molecule has 0 aliphatic heterocycles. The van der Waals surface area contributed by atoms with Crippen LogP contribution in [0.4, 0.5) is 11.4 Å². The molecule has 0 saturated carbocycles. The number of nitrogens with one attached hydrogen (secondary N) is 1. The first-order valence-electron chi connectivity index (χ1n) is 6.03. The van der Waals surface area contributed by atoms with Crippen LogP contribution in [0.15, 0.2) is 42.5 Å². The summed E-state index contributed by atoms with van der Waals surface area (Å²) in [6, 6.07) is 12.2. The van der Waals surface area contributed by atoms with Crippen molar-refractivity contribution in [3.05, 3.63) is 48.0 Å². The second kappa shape index (κ2) is 11.1. The Hall–Kier alpha value is -1.49. The van der Waals surface area contributed by atoms with Crippen molar-refractivity contribution >= 4 is 17.3 Å². The summed E-state index contributed by atoms with van der Waals surface area (Å²) in [6.07, 6.45) is 0. The number of methoxy groups -OCH3 is 2. The van der Waals surface area contributed by atoms with Gasteiger partial charge in [-0.1, -0.05) is 18.2 Å². The molecule has 0 radical (unpaired) electrons. The van der Waals surface area contributed by atoms with E-state index in [0.717, 1.165) is 0 Å². The van der Waals surface area contributed by atoms with Gasteiger partial charge in [-0.25, -0.2) is 0 Å². The van der Waals surface area contributed by atoms with Gasteiger partial charge in [0.1, 0.15) is 11.5 Å². The maximum absolute atomic E-state index is 12.1. The van der Waals surface area contributed by atoms with Crippen LogP contribution in [0.5, 0.6) is 11.5 Å². The van der Waals surface area contributed by atoms with E-state index < -0.39 is 0 Å². The second-order valence-electron chi connectivity index (χ2n) is 4.11. The maximum atomic E-state index is 12.1. The van der Waals surface area contributed by atoms with E-state index in [1.54, 1.807) is 36.4 Å². The van der Waals surface area contributed by atoms with E-state index in [2.05, 4.69) is 5.32 Å². The Morgan fingerprint density at radius 1 is 1.00 bits per heavy atom. The van der Waals surface area contributed by atoms with Crippen LogP contribution in [-0.2, 0) is 19.5 Å². The molecule has 8 heteroatoms. The van der Waals surface area contributed by atoms with Crippen LogP contribution in [0.25, 0.3) is 0 Å². The number of hydrogen-bond donors (Lipinski definition) is 2. The van der Waals surface area contributed by atoms with Crippen LogP contribution in [0, 0.1) is 0 Å². The monoisotopic (exact) mass is 406 g/mol. The molecule has 2 aromatic rings. The van der Waals surface area contributed by atoms with Gasteiger partial charge in [0.05, 0.1) is 25.6 Å². The first kappa shape index (κ1) is 23.8. The fraction of sp³-hybridized carbons (Fsp3) is 0.133. The number of carbonyl (C=O) groups excluding carboxylic acids is 1. The molecule has 0 heterocycles. The standard InChI is InChI=1S/C15H16N2O3.2ClH.Zn/c1-19-13-9-12(14(20-2)8-11(13)16)17-15(18)10-6-4-3-5-7-10;;;/h3-9H,16H2,1-2H3,(H,17,18);2*1H;/q;;;+2/p-2. The van der Waals surface area contributed by atoms with Gasteiger partial charge >= 0.3 is 19.5 Å². The number of anilines is 2. The van der Waals surface area contributed by atoms with Gasteiger partial charge in [0.15, 0.2) is 0 Å². The van der Waals surface area contributed by atoms with Gasteiger partial charge in [0.25, 0.3) is 5.91 Å². The van der Waals surface area contributed by atoms with Crippen molar-refractivity contribution in [3.63, 3.8) is 0 Å². The molecule has 0 atom stereocenters. The van der Waals surface area contributed by atoms with Crippen molar-refractivity contribution in [1.82, 2.24) is 0 Å². The summed E-state index contributed by atoms with van der Waals surface area (Å²) in [5.74, 6) is 0.734. The van der Waals surface area contributed by atoms with E-state index in [4.69, 9.17) is 15.2 Å². The SMILES string of the molecule is COc1cc(NC(=O)c2ccccc2)c(OC)cc1N.[Cl-].[Cl-].[Zn+2]. The third-order valence-corrected chi connectivity index (χ3v) is 2.84. The summed E-state index contributed by atoms with van der Waals surface area (Å²) in [6.45, 7) is 0. The van der Waals surface area contributed by atoms with Crippen LogP contribution in [0.2, 0.25) is 0 Å². The van der Waals surface area contributed by atoms with Crippen LogP contribution in [0.1, 0.15) is 10.4 Å². The molecule has 2 aromatic carbocycles. The molecule has 2 rings (SSSR count). The fourth-order valence-electron chi connectivity index (χ4n) is 1.80. The minimum absolute atomic E-state index is 0. The third-order valence-electron chi connectivity index (χ3n) is 2.84. The molecule has 0 saturated heterocycles. The van der Waals surface area contributed by atoms with Gasteiger partial charge in [-0.3, -0.25) is 4.79 Å². The van der Waals surface area contributed by atoms with Crippen LogP contribution in [0.3, 0.4) is 0 Å². The average Bonchev–Trinajstić information content (AvgIpc) is 2.49. The minimum Gasteiger partial charge on any atom is -1.00 e. The quantitative estimate of drug-likeness (QED) is 0.408. The molecular formula is C15H16Cl2N2O3Zn. The van der Waals surface area contributed by atoms with E-state index in [9.17, 15) is 4.79 Å². The van der Waals surface area contributed by atoms with E-state index in [0.29, 0.717) is 28.4 Å².